The molecule has 2 aromatic heterocycles. The van der Waals surface area contributed by atoms with Gasteiger partial charge >= 0.3 is 0 Å². The van der Waals surface area contributed by atoms with Gasteiger partial charge in [0.25, 0.3) is 0 Å². The zero-order valence-electron chi connectivity index (χ0n) is 27.4. The number of nitrogens with zero attached hydrogens (tertiary/aromatic N) is 1. The molecule has 0 atom stereocenters. The van der Waals surface area contributed by atoms with E-state index in [-0.39, 0.29) is 48.9 Å². The Morgan fingerprint density at radius 2 is 1.63 bits per heavy atom. The molecule has 0 saturated carbocycles. The second-order valence-corrected chi connectivity index (χ2v) is 12.8. The fraction of sp³-hybridized carbons (Fsp3) is 0.474. The predicted molar refractivity (Wildman–Crippen MR) is 175 cm³/mol. The summed E-state index contributed by atoms with van der Waals surface area (Å²) >= 11 is 0. The van der Waals surface area contributed by atoms with Gasteiger partial charge in [-0.2, -0.15) is 0 Å². The summed E-state index contributed by atoms with van der Waals surface area (Å²) in [5.74, 6) is 1.13. The van der Waals surface area contributed by atoms with Crippen LogP contribution in [0.25, 0.3) is 33.2 Å². The second-order valence-electron chi connectivity index (χ2n) is 12.8. The molecule has 0 fully saturated rings. The van der Waals surface area contributed by atoms with Crippen molar-refractivity contribution in [3.8, 4) is 11.3 Å². The first-order chi connectivity index (χ1) is 20.0. The topological polar surface area (TPSA) is 63.3 Å². The molecule has 43 heavy (non-hydrogen) atoms. The van der Waals surface area contributed by atoms with E-state index >= 15 is 0 Å². The number of aromatic nitrogens is 1. The number of ketones is 1. The van der Waals surface area contributed by atoms with Gasteiger partial charge in [-0.25, -0.2) is 0 Å². The van der Waals surface area contributed by atoms with Gasteiger partial charge in [0.05, 0.1) is 5.76 Å². The molecule has 0 amide bonds. The summed E-state index contributed by atoms with van der Waals surface area (Å²) in [5, 5.41) is 12.2. The summed E-state index contributed by atoms with van der Waals surface area (Å²) in [6, 6.07) is 14.3. The van der Waals surface area contributed by atoms with Crippen molar-refractivity contribution in [2.75, 3.05) is 0 Å². The molecule has 2 heterocycles. The normalized spacial score (nSPS) is 13.7. The molecule has 2 aromatic carbocycles. The van der Waals surface area contributed by atoms with Crippen LogP contribution >= 0.6 is 0 Å². The van der Waals surface area contributed by atoms with Gasteiger partial charge in [-0.3, -0.25) is 4.79 Å². The number of allylic oxidation sites excluding steroid dienone is 2. The van der Waals surface area contributed by atoms with Crippen LogP contribution in [-0.4, -0.2) is 15.9 Å². The summed E-state index contributed by atoms with van der Waals surface area (Å²) in [7, 11) is 0. The van der Waals surface area contributed by atoms with Crippen molar-refractivity contribution in [2.24, 2.45) is 17.8 Å². The Morgan fingerprint density at radius 3 is 2.23 bits per heavy atom. The Hall–Kier alpha value is -2.75. The van der Waals surface area contributed by atoms with Crippen LogP contribution in [0.1, 0.15) is 103 Å². The van der Waals surface area contributed by atoms with Gasteiger partial charge in [-0.05, 0) is 67.2 Å². The summed E-state index contributed by atoms with van der Waals surface area (Å²) in [6.07, 6.45) is 7.85. The molecule has 1 N–H and O–H groups in total. The van der Waals surface area contributed by atoms with E-state index in [0.717, 1.165) is 65.5 Å². The first-order valence-electron chi connectivity index (χ1n) is 15.8. The number of hydrogen-bond acceptors (Lipinski definition) is 4. The van der Waals surface area contributed by atoms with E-state index in [2.05, 4.69) is 65.0 Å². The standard InChI is InChI=1S/C25H24NO.C13H24O2.Ir/c1-14(2)12-16-10-11-19-20-21-22(26-13-15(3)23(21)27-24(16)20)17-8-6-7-9-18(17)25(19,4)5;1-5-10(6-2)12(14)9-13(15)11(7-3)8-4;/h6-7,9-11,13-14H,12H2,1-5H3;9-11,14H,5-8H2,1-4H3;/q-1;;/b;12-9-;. The summed E-state index contributed by atoms with van der Waals surface area (Å²) < 4.78 is 6.53. The fourth-order valence-corrected chi connectivity index (χ4v) is 6.43. The number of hydrogen-bond donors (Lipinski definition) is 1. The Kier molecular flexibility index (Phi) is 11.6. The molecule has 4 aromatic rings. The zero-order valence-corrected chi connectivity index (χ0v) is 29.7. The minimum absolute atomic E-state index is 0. The van der Waals surface area contributed by atoms with E-state index in [1.165, 1.54) is 28.2 Å². The molecule has 5 heteroatoms. The molecular weight excluding hydrogens is 711 g/mol. The first-order valence-corrected chi connectivity index (χ1v) is 15.8. The molecule has 233 valence electrons. The van der Waals surface area contributed by atoms with Crippen molar-refractivity contribution in [1.82, 2.24) is 4.98 Å². The number of fused-ring (bicyclic) bond motifs is 2. The van der Waals surface area contributed by atoms with Crippen LogP contribution in [0.5, 0.6) is 0 Å². The van der Waals surface area contributed by atoms with E-state index in [0.29, 0.717) is 5.92 Å². The van der Waals surface area contributed by atoms with Gasteiger partial charge in [0.15, 0.2) is 5.78 Å². The average Bonchev–Trinajstić information content (AvgIpc) is 3.33. The molecule has 1 aliphatic rings. The monoisotopic (exact) mass is 759 g/mol. The molecule has 1 radical (unpaired) electrons. The van der Waals surface area contributed by atoms with Crippen LogP contribution in [0.4, 0.5) is 0 Å². The van der Waals surface area contributed by atoms with Crippen LogP contribution in [-0.2, 0) is 36.7 Å². The number of rotatable bonds is 9. The van der Waals surface area contributed by atoms with E-state index in [1.807, 2.05) is 40.0 Å². The quantitative estimate of drug-likeness (QED) is 0.105. The number of carbonyl (C=O) groups excluding carboxylic acids is 1. The Labute approximate surface area is 271 Å². The van der Waals surface area contributed by atoms with Crippen molar-refractivity contribution in [2.45, 2.75) is 99.8 Å². The van der Waals surface area contributed by atoms with Gasteiger partial charge in [0.2, 0.25) is 0 Å². The van der Waals surface area contributed by atoms with Crippen LogP contribution in [0.3, 0.4) is 0 Å². The van der Waals surface area contributed by atoms with Crippen molar-refractivity contribution in [3.63, 3.8) is 0 Å². The number of benzene rings is 2. The summed E-state index contributed by atoms with van der Waals surface area (Å²) in [5.41, 5.74) is 8.91. The van der Waals surface area contributed by atoms with E-state index < -0.39 is 0 Å². The van der Waals surface area contributed by atoms with Gasteiger partial charge in [0, 0.05) is 60.5 Å². The molecule has 0 saturated heterocycles. The first kappa shape index (κ1) is 34.7. The number of aryl methyl sites for hydroxylation is 1. The Balaban J connectivity index is 0.000000274. The third kappa shape index (κ3) is 6.69. The molecular formula is C38H48IrNO3-. The van der Waals surface area contributed by atoms with Crippen LogP contribution in [0.2, 0.25) is 0 Å². The van der Waals surface area contributed by atoms with E-state index in [1.54, 1.807) is 0 Å². The van der Waals surface area contributed by atoms with Crippen molar-refractivity contribution in [1.29, 1.82) is 0 Å². The smallest absolute Gasteiger partial charge is 0.162 e. The summed E-state index contributed by atoms with van der Waals surface area (Å²) in [6.45, 7) is 19.3. The molecule has 0 bridgehead atoms. The number of pyridine rings is 1. The number of aliphatic hydroxyl groups excluding tert-OH is 1. The predicted octanol–water partition coefficient (Wildman–Crippen LogP) is 10.5. The van der Waals surface area contributed by atoms with Crippen LogP contribution in [0.15, 0.2) is 52.8 Å². The third-order valence-electron chi connectivity index (χ3n) is 9.05. The van der Waals surface area contributed by atoms with E-state index in [4.69, 9.17) is 9.40 Å². The largest absolute Gasteiger partial charge is 0.512 e. The zero-order chi connectivity index (χ0) is 30.8. The summed E-state index contributed by atoms with van der Waals surface area (Å²) in [4.78, 5) is 16.6. The van der Waals surface area contributed by atoms with E-state index in [9.17, 15) is 9.90 Å². The molecule has 1 aliphatic carbocycles. The Bertz CT molecular complexity index is 1600. The van der Waals surface area contributed by atoms with Gasteiger partial charge in [0.1, 0.15) is 11.2 Å². The van der Waals surface area contributed by atoms with Crippen LogP contribution < -0.4 is 0 Å². The second kappa shape index (κ2) is 14.4. The molecule has 0 unspecified atom stereocenters. The third-order valence-corrected chi connectivity index (χ3v) is 9.05. The number of furan rings is 1. The number of aliphatic hydroxyl groups is 1. The maximum atomic E-state index is 11.7. The minimum atomic E-state index is -0.146. The Morgan fingerprint density at radius 1 is 0.977 bits per heavy atom. The average molecular weight is 759 g/mol. The van der Waals surface area contributed by atoms with Crippen molar-refractivity contribution < 1.29 is 34.4 Å². The van der Waals surface area contributed by atoms with Crippen molar-refractivity contribution >= 4 is 27.7 Å². The van der Waals surface area contributed by atoms with Gasteiger partial charge < -0.3 is 14.5 Å². The molecule has 0 spiro atoms. The molecule has 5 rings (SSSR count). The SMILES string of the molecule is CCC(CC)C(=O)/C=C(\O)C(CC)CC.Cc1cnc2c3c1oc1c(CC(C)C)ccc(c13)C(C)(C)c1ccc[c-]c1-2.[Ir]. The maximum absolute atomic E-state index is 11.7. The minimum Gasteiger partial charge on any atom is -0.512 e. The fourth-order valence-electron chi connectivity index (χ4n) is 6.43. The van der Waals surface area contributed by atoms with Crippen LogP contribution in [0, 0.1) is 30.7 Å². The van der Waals surface area contributed by atoms with Gasteiger partial charge in [-0.1, -0.05) is 67.5 Å². The molecule has 0 aliphatic heterocycles. The number of carbonyl (C=O) groups is 1. The van der Waals surface area contributed by atoms with Gasteiger partial charge in [-0.15, -0.1) is 35.4 Å². The van der Waals surface area contributed by atoms with Crippen molar-refractivity contribution in [3.05, 3.63) is 76.7 Å². The maximum Gasteiger partial charge on any atom is 0.162 e. The molecule has 4 nitrogen and oxygen atoms in total.